The standard InChI is InChI=1S/C52H57NO17/c1-28-34(67-48(63)42(68-38(59)24-16-23-37(57)58)40(31-17-10-7-11-18-31)53-46(61)32-19-12-8-13-20-32)26-52(64)45(69-47(62)33-21-14-9-15-22-33)43-50(6,35(56)25-36-51(43,27-65-36)70-30(3)55)44(60)41(66-29(2)54)39(28)49(52,4)5/h7-15,17-22,34-36,40-43,45,56,64H,16,23-27H2,1-6H3,(H,53,61)(H,57,58)/t34-,35-,36+,40-,41+,42+,43?,45?,50+,51-,52+/m0/s1. The van der Waals surface area contributed by atoms with Crippen LogP contribution in [0.4, 0.5) is 0 Å². The molecule has 2 bridgehead atoms. The molecule has 1 aliphatic heterocycles. The monoisotopic (exact) mass is 967 g/mol. The summed E-state index contributed by atoms with van der Waals surface area (Å²) in [5.41, 5.74) is -7.67. The van der Waals surface area contributed by atoms with Gasteiger partial charge in [0.25, 0.3) is 5.91 Å². The van der Waals surface area contributed by atoms with Crippen molar-refractivity contribution in [2.45, 2.75) is 128 Å². The lowest BCUT2D eigenvalue weighted by molar-refractivity contribution is -0.346. The van der Waals surface area contributed by atoms with E-state index in [1.165, 1.54) is 52.0 Å². The van der Waals surface area contributed by atoms with Crippen LogP contribution in [0.2, 0.25) is 0 Å². The number of carbonyl (C=O) groups is 8. The molecule has 3 fully saturated rings. The largest absolute Gasteiger partial charge is 0.481 e. The predicted octanol–water partition coefficient (Wildman–Crippen LogP) is 4.54. The average molecular weight is 968 g/mol. The van der Waals surface area contributed by atoms with E-state index >= 15 is 9.59 Å². The number of hydrogen-bond donors (Lipinski definition) is 4. The first-order chi connectivity index (χ1) is 33.1. The highest BCUT2D eigenvalue weighted by molar-refractivity contribution is 5.96. The average Bonchev–Trinajstić information content (AvgIpc) is 3.31. The number of aliphatic hydroxyl groups is 2. The van der Waals surface area contributed by atoms with Gasteiger partial charge in [-0.15, -0.1) is 0 Å². The second-order valence-corrected chi connectivity index (χ2v) is 19.1. The minimum atomic E-state index is -2.49. The van der Waals surface area contributed by atoms with Crippen molar-refractivity contribution in [3.63, 3.8) is 0 Å². The Morgan fingerprint density at radius 3 is 1.97 bits per heavy atom. The van der Waals surface area contributed by atoms with Gasteiger partial charge >= 0.3 is 35.8 Å². The molecule has 1 amide bonds. The highest BCUT2D eigenvalue weighted by Gasteiger charge is 2.78. The summed E-state index contributed by atoms with van der Waals surface area (Å²) < 4.78 is 36.5. The molecule has 70 heavy (non-hydrogen) atoms. The maximum atomic E-state index is 15.7. The third kappa shape index (κ3) is 9.34. The number of ether oxygens (including phenoxy) is 6. The molecule has 3 aromatic carbocycles. The molecule has 7 rings (SSSR count). The first kappa shape index (κ1) is 51.1. The van der Waals surface area contributed by atoms with Crippen LogP contribution in [0.15, 0.2) is 102 Å². The van der Waals surface area contributed by atoms with Gasteiger partial charge in [0, 0.05) is 50.5 Å². The van der Waals surface area contributed by atoms with Crippen LogP contribution in [-0.4, -0.2) is 117 Å². The van der Waals surface area contributed by atoms with Gasteiger partial charge in [0.1, 0.15) is 30.0 Å². The fraction of sp³-hybridized carbons (Fsp3) is 0.462. The Morgan fingerprint density at radius 1 is 0.814 bits per heavy atom. The van der Waals surface area contributed by atoms with Crippen LogP contribution in [0, 0.1) is 16.7 Å². The minimum absolute atomic E-state index is 0.0272. The molecule has 3 aromatic rings. The van der Waals surface area contributed by atoms with Gasteiger partial charge in [0.15, 0.2) is 17.5 Å². The zero-order chi connectivity index (χ0) is 50.9. The number of aliphatic hydroxyl groups excluding tert-OH is 1. The molecule has 2 saturated carbocycles. The Labute approximate surface area is 403 Å². The number of nitrogens with one attached hydrogen (secondary N) is 1. The highest BCUT2D eigenvalue weighted by atomic mass is 16.6. The Balaban J connectivity index is 1.41. The number of rotatable bonds is 15. The Bertz CT molecular complexity index is 2560. The molecule has 18 heteroatoms. The molecular weight excluding hydrogens is 911 g/mol. The van der Waals surface area contributed by atoms with Gasteiger partial charge in [0.2, 0.25) is 6.10 Å². The lowest BCUT2D eigenvalue weighted by Gasteiger charge is -2.67. The van der Waals surface area contributed by atoms with Crippen molar-refractivity contribution >= 4 is 47.5 Å². The first-order valence-electron chi connectivity index (χ1n) is 23.0. The second kappa shape index (κ2) is 19.9. The Hall–Kier alpha value is -6.76. The topological polar surface area (TPSA) is 265 Å². The van der Waals surface area contributed by atoms with Crippen molar-refractivity contribution in [2.75, 3.05) is 6.61 Å². The smallest absolute Gasteiger partial charge is 0.350 e. The van der Waals surface area contributed by atoms with Crippen LogP contribution >= 0.6 is 0 Å². The van der Waals surface area contributed by atoms with Crippen molar-refractivity contribution in [1.82, 2.24) is 5.32 Å². The number of hydrogen-bond acceptors (Lipinski definition) is 16. The van der Waals surface area contributed by atoms with E-state index in [4.69, 9.17) is 28.4 Å². The highest BCUT2D eigenvalue weighted by Crippen LogP contribution is 2.64. The maximum Gasteiger partial charge on any atom is 0.350 e. The summed E-state index contributed by atoms with van der Waals surface area (Å²) in [5, 5.41) is 38.1. The predicted molar refractivity (Wildman–Crippen MR) is 243 cm³/mol. The number of Topliss-reactive ketones (excluding diaryl/α,β-unsaturated/α-hetero) is 1. The quantitative estimate of drug-likeness (QED) is 0.0925. The molecule has 11 atom stereocenters. The summed E-state index contributed by atoms with van der Waals surface area (Å²) in [6, 6.07) is 22.3. The van der Waals surface area contributed by atoms with Gasteiger partial charge in [-0.25, -0.2) is 9.59 Å². The van der Waals surface area contributed by atoms with E-state index in [1.807, 2.05) is 0 Å². The molecular formula is C52H57NO17. The van der Waals surface area contributed by atoms with E-state index in [-0.39, 0.29) is 47.3 Å². The molecule has 0 aromatic heterocycles. The van der Waals surface area contributed by atoms with Crippen molar-refractivity contribution in [1.29, 1.82) is 0 Å². The van der Waals surface area contributed by atoms with Crippen molar-refractivity contribution in [3.8, 4) is 0 Å². The number of carbonyl (C=O) groups excluding carboxylic acids is 7. The molecule has 1 saturated heterocycles. The van der Waals surface area contributed by atoms with Gasteiger partial charge in [-0.1, -0.05) is 80.6 Å². The SMILES string of the molecule is CC(=O)O[C@H]1C(=O)[C@@]2(C)C(C(OC(=O)c3ccccc3)[C@]3(O)C[C@H](OC(=O)[C@H](OC(=O)CCCC(=O)O)[C@@H](NC(=O)c4ccccc4)c4ccccc4)C(C)=C1C3(C)C)[C@]1(OC(C)=O)CO[C@@H]1C[C@@H]2O. The number of esters is 5. The number of ketones is 1. The molecule has 2 unspecified atom stereocenters. The fourth-order valence-corrected chi connectivity index (χ4v) is 10.9. The van der Waals surface area contributed by atoms with E-state index < -0.39 is 137 Å². The van der Waals surface area contributed by atoms with Gasteiger partial charge in [-0.2, -0.15) is 0 Å². The summed E-state index contributed by atoms with van der Waals surface area (Å²) in [4.78, 5) is 110. The van der Waals surface area contributed by atoms with Crippen LogP contribution in [0.1, 0.15) is 106 Å². The lowest BCUT2D eigenvalue weighted by atomic mass is 9.44. The molecule has 18 nitrogen and oxygen atoms in total. The number of aliphatic carboxylic acids is 1. The Morgan fingerprint density at radius 2 is 1.41 bits per heavy atom. The second-order valence-electron chi connectivity index (χ2n) is 19.1. The molecule has 4 N–H and O–H groups in total. The minimum Gasteiger partial charge on any atom is -0.481 e. The van der Waals surface area contributed by atoms with Crippen molar-refractivity contribution in [2.24, 2.45) is 16.7 Å². The fourth-order valence-electron chi connectivity index (χ4n) is 10.9. The normalized spacial score (nSPS) is 29.4. The summed E-state index contributed by atoms with van der Waals surface area (Å²) in [6.07, 6.45) is -12.0. The Kier molecular flexibility index (Phi) is 14.5. The van der Waals surface area contributed by atoms with Gasteiger partial charge in [-0.05, 0) is 61.2 Å². The molecule has 3 aliphatic carbocycles. The van der Waals surface area contributed by atoms with Crippen LogP contribution in [0.3, 0.4) is 0 Å². The number of carboxylic acids is 1. The number of benzene rings is 3. The number of amides is 1. The molecule has 0 spiro atoms. The van der Waals surface area contributed by atoms with Gasteiger partial charge < -0.3 is 49.1 Å². The van der Waals surface area contributed by atoms with E-state index in [9.17, 15) is 44.1 Å². The van der Waals surface area contributed by atoms with Crippen LogP contribution in [-0.2, 0) is 57.2 Å². The number of carboxylic acid groups (broad SMARTS) is 1. The summed E-state index contributed by atoms with van der Waals surface area (Å²) in [7, 11) is 0. The zero-order valence-electron chi connectivity index (χ0n) is 39.6. The summed E-state index contributed by atoms with van der Waals surface area (Å²) in [5.74, 6) is -9.41. The van der Waals surface area contributed by atoms with E-state index in [1.54, 1.807) is 66.7 Å². The van der Waals surface area contributed by atoms with Gasteiger partial charge in [-0.3, -0.25) is 28.8 Å². The molecule has 1 heterocycles. The van der Waals surface area contributed by atoms with Crippen LogP contribution in [0.25, 0.3) is 0 Å². The van der Waals surface area contributed by atoms with Crippen LogP contribution in [0.5, 0.6) is 0 Å². The van der Waals surface area contributed by atoms with Gasteiger partial charge in [0.05, 0.1) is 29.6 Å². The zero-order valence-corrected chi connectivity index (χ0v) is 39.6. The lowest BCUT2D eigenvalue weighted by Crippen LogP contribution is -2.82. The maximum absolute atomic E-state index is 15.7. The third-order valence-electron chi connectivity index (χ3n) is 14.5. The van der Waals surface area contributed by atoms with E-state index in [2.05, 4.69) is 5.32 Å². The van der Waals surface area contributed by atoms with Crippen molar-refractivity contribution in [3.05, 3.63) is 119 Å². The molecule has 372 valence electrons. The van der Waals surface area contributed by atoms with E-state index in [0.29, 0.717) is 0 Å². The van der Waals surface area contributed by atoms with E-state index in [0.717, 1.165) is 13.8 Å². The number of fused-ring (bicyclic) bond motifs is 5. The summed E-state index contributed by atoms with van der Waals surface area (Å²) in [6.45, 7) is 7.73. The van der Waals surface area contributed by atoms with Crippen molar-refractivity contribution < 1.29 is 82.1 Å². The molecule has 4 aliphatic rings. The van der Waals surface area contributed by atoms with Crippen LogP contribution < -0.4 is 5.32 Å². The first-order valence-corrected chi connectivity index (χ1v) is 23.0. The third-order valence-corrected chi connectivity index (χ3v) is 14.5. The summed E-state index contributed by atoms with van der Waals surface area (Å²) >= 11 is 0. The molecule has 0 radical (unpaired) electrons.